The molecule has 5 heteroatoms. The lowest BCUT2D eigenvalue weighted by Crippen LogP contribution is -2.13. The van der Waals surface area contributed by atoms with Crippen molar-refractivity contribution in [3.8, 4) is 11.5 Å². The van der Waals surface area contributed by atoms with Crippen LogP contribution in [0.2, 0.25) is 0 Å². The molecule has 0 aliphatic rings. The summed E-state index contributed by atoms with van der Waals surface area (Å²) in [6.45, 7) is 6.68. The quantitative estimate of drug-likeness (QED) is 0.770. The molecule has 1 aromatic heterocycles. The topological polar surface area (TPSA) is 43.4 Å². The van der Waals surface area contributed by atoms with Crippen molar-refractivity contribution < 1.29 is 9.47 Å². The molecule has 1 heterocycles. The monoisotopic (exact) mass is 364 g/mol. The second-order valence-electron chi connectivity index (χ2n) is 4.72. The zero-order valence-corrected chi connectivity index (χ0v) is 14.5. The average Bonchev–Trinajstić information content (AvgIpc) is 2.53. The number of nitrogens with one attached hydrogen (secondary N) is 1. The van der Waals surface area contributed by atoms with Gasteiger partial charge < -0.3 is 14.8 Å². The Morgan fingerprint density at radius 3 is 2.45 bits per heavy atom. The van der Waals surface area contributed by atoms with Crippen molar-refractivity contribution in [2.45, 2.75) is 26.9 Å². The first kappa shape index (κ1) is 16.8. The smallest absolute Gasteiger partial charge is 0.162 e. The van der Waals surface area contributed by atoms with Crippen molar-refractivity contribution in [3.63, 3.8) is 0 Å². The molecular formula is C17H21BrN2O2. The van der Waals surface area contributed by atoms with E-state index in [1.165, 1.54) is 0 Å². The van der Waals surface area contributed by atoms with Crippen LogP contribution in [0.4, 0.5) is 0 Å². The first-order valence-electron chi connectivity index (χ1n) is 7.42. The van der Waals surface area contributed by atoms with Gasteiger partial charge in [0.15, 0.2) is 11.5 Å². The third-order valence-corrected chi connectivity index (χ3v) is 3.82. The number of halogens is 1. The van der Waals surface area contributed by atoms with Gasteiger partial charge in [0.2, 0.25) is 0 Å². The molecule has 0 fully saturated rings. The molecule has 0 saturated heterocycles. The van der Waals surface area contributed by atoms with Gasteiger partial charge in [0.05, 0.1) is 13.2 Å². The van der Waals surface area contributed by atoms with Crippen LogP contribution in [0.25, 0.3) is 0 Å². The highest BCUT2D eigenvalue weighted by atomic mass is 79.9. The predicted octanol–water partition coefficient (Wildman–Crippen LogP) is 3.93. The molecule has 0 radical (unpaired) electrons. The minimum atomic E-state index is 0.615. The van der Waals surface area contributed by atoms with Gasteiger partial charge in [-0.2, -0.15) is 0 Å². The second-order valence-corrected chi connectivity index (χ2v) is 5.58. The Kier molecular flexibility index (Phi) is 6.68. The summed E-state index contributed by atoms with van der Waals surface area (Å²) in [4.78, 5) is 4.11. The molecule has 4 nitrogen and oxygen atoms in total. The lowest BCUT2D eigenvalue weighted by molar-refractivity contribution is 0.287. The van der Waals surface area contributed by atoms with E-state index in [1.807, 2.05) is 38.2 Å². The molecular weight excluding hydrogens is 344 g/mol. The van der Waals surface area contributed by atoms with Crippen LogP contribution in [-0.4, -0.2) is 18.2 Å². The summed E-state index contributed by atoms with van der Waals surface area (Å²) in [5.41, 5.74) is 2.30. The van der Waals surface area contributed by atoms with Gasteiger partial charge in [-0.3, -0.25) is 4.98 Å². The number of pyridine rings is 1. The highest BCUT2D eigenvalue weighted by molar-refractivity contribution is 9.10. The van der Waals surface area contributed by atoms with E-state index >= 15 is 0 Å². The van der Waals surface area contributed by atoms with Gasteiger partial charge in [-0.15, -0.1) is 0 Å². The van der Waals surface area contributed by atoms with Crippen molar-refractivity contribution >= 4 is 15.9 Å². The number of aromatic nitrogens is 1. The van der Waals surface area contributed by atoms with Crippen LogP contribution in [0, 0.1) is 0 Å². The van der Waals surface area contributed by atoms with Crippen LogP contribution in [0.15, 0.2) is 41.1 Å². The van der Waals surface area contributed by atoms with Gasteiger partial charge in [-0.05, 0) is 43.2 Å². The number of hydrogen-bond acceptors (Lipinski definition) is 4. The zero-order valence-electron chi connectivity index (χ0n) is 12.9. The van der Waals surface area contributed by atoms with E-state index in [9.17, 15) is 0 Å². The highest BCUT2D eigenvalue weighted by Crippen LogP contribution is 2.33. The summed E-state index contributed by atoms with van der Waals surface area (Å²) in [5, 5.41) is 3.41. The molecule has 0 saturated carbocycles. The summed E-state index contributed by atoms with van der Waals surface area (Å²) in [7, 11) is 0. The summed E-state index contributed by atoms with van der Waals surface area (Å²) < 4.78 is 12.3. The van der Waals surface area contributed by atoms with Crippen molar-refractivity contribution in [1.29, 1.82) is 0 Å². The van der Waals surface area contributed by atoms with Crippen molar-refractivity contribution in [1.82, 2.24) is 10.3 Å². The molecule has 2 aromatic rings. The standard InChI is InChI=1S/C17H21BrN2O2/c1-3-21-16-8-14(15(18)9-17(16)22-4-2)12-20-11-13-6-5-7-19-10-13/h5-10,20H,3-4,11-12H2,1-2H3. The van der Waals surface area contributed by atoms with Gasteiger partial charge in [-0.25, -0.2) is 0 Å². The molecule has 2 rings (SSSR count). The zero-order chi connectivity index (χ0) is 15.8. The minimum Gasteiger partial charge on any atom is -0.490 e. The molecule has 22 heavy (non-hydrogen) atoms. The molecule has 0 aliphatic carbocycles. The summed E-state index contributed by atoms with van der Waals surface area (Å²) in [5.74, 6) is 1.55. The van der Waals surface area contributed by atoms with E-state index in [0.29, 0.717) is 13.2 Å². The van der Waals surface area contributed by atoms with Gasteiger partial charge >= 0.3 is 0 Å². The molecule has 0 amide bonds. The maximum atomic E-state index is 5.67. The van der Waals surface area contributed by atoms with Crippen molar-refractivity contribution in [2.24, 2.45) is 0 Å². The van der Waals surface area contributed by atoms with E-state index < -0.39 is 0 Å². The SMILES string of the molecule is CCOc1cc(Br)c(CNCc2cccnc2)cc1OCC. The van der Waals surface area contributed by atoms with E-state index in [0.717, 1.165) is 40.2 Å². The van der Waals surface area contributed by atoms with Gasteiger partial charge in [0.1, 0.15) is 0 Å². The molecule has 1 aromatic carbocycles. The minimum absolute atomic E-state index is 0.615. The molecule has 0 spiro atoms. The van der Waals surface area contributed by atoms with Crippen LogP contribution >= 0.6 is 15.9 Å². The van der Waals surface area contributed by atoms with E-state index in [4.69, 9.17) is 9.47 Å². The van der Waals surface area contributed by atoms with E-state index in [2.05, 4.69) is 32.3 Å². The predicted molar refractivity (Wildman–Crippen MR) is 91.3 cm³/mol. The molecule has 0 aliphatic heterocycles. The molecule has 0 atom stereocenters. The third-order valence-electron chi connectivity index (χ3n) is 3.08. The Balaban J connectivity index is 2.05. The summed E-state index contributed by atoms with van der Waals surface area (Å²) in [6, 6.07) is 7.99. The third kappa shape index (κ3) is 4.71. The normalized spacial score (nSPS) is 10.5. The van der Waals surface area contributed by atoms with Crippen LogP contribution in [0.1, 0.15) is 25.0 Å². The second kappa shape index (κ2) is 8.76. The van der Waals surface area contributed by atoms with Gasteiger partial charge in [0, 0.05) is 30.0 Å². The fourth-order valence-electron chi connectivity index (χ4n) is 2.09. The average molecular weight is 365 g/mol. The fraction of sp³-hybridized carbons (Fsp3) is 0.353. The number of hydrogen-bond donors (Lipinski definition) is 1. The Morgan fingerprint density at radius 1 is 1.09 bits per heavy atom. The first-order chi connectivity index (χ1) is 10.7. The van der Waals surface area contributed by atoms with Crippen molar-refractivity contribution in [3.05, 3.63) is 52.3 Å². The van der Waals surface area contributed by atoms with E-state index in [-0.39, 0.29) is 0 Å². The largest absolute Gasteiger partial charge is 0.490 e. The van der Waals surface area contributed by atoms with Crippen LogP contribution in [-0.2, 0) is 13.1 Å². The summed E-state index contributed by atoms with van der Waals surface area (Å²) in [6.07, 6.45) is 3.65. The number of benzene rings is 1. The highest BCUT2D eigenvalue weighted by Gasteiger charge is 2.10. The molecule has 118 valence electrons. The maximum Gasteiger partial charge on any atom is 0.162 e. The fourth-order valence-corrected chi connectivity index (χ4v) is 2.56. The lowest BCUT2D eigenvalue weighted by atomic mass is 10.2. The number of rotatable bonds is 8. The molecule has 1 N–H and O–H groups in total. The van der Waals surface area contributed by atoms with Gasteiger partial charge in [-0.1, -0.05) is 22.0 Å². The number of nitrogens with zero attached hydrogens (tertiary/aromatic N) is 1. The number of ether oxygens (including phenoxy) is 2. The van der Waals surface area contributed by atoms with Gasteiger partial charge in [0.25, 0.3) is 0 Å². The Hall–Kier alpha value is -1.59. The Morgan fingerprint density at radius 2 is 1.82 bits per heavy atom. The van der Waals surface area contributed by atoms with Crippen LogP contribution in [0.5, 0.6) is 11.5 Å². The molecule has 0 bridgehead atoms. The molecule has 0 unspecified atom stereocenters. The first-order valence-corrected chi connectivity index (χ1v) is 8.21. The van der Waals surface area contributed by atoms with Crippen LogP contribution in [0.3, 0.4) is 0 Å². The Labute approximate surface area is 140 Å². The van der Waals surface area contributed by atoms with Crippen molar-refractivity contribution in [2.75, 3.05) is 13.2 Å². The Bertz CT molecular complexity index is 591. The van der Waals surface area contributed by atoms with E-state index in [1.54, 1.807) is 6.20 Å². The maximum absolute atomic E-state index is 5.67. The van der Waals surface area contributed by atoms with Crippen LogP contribution < -0.4 is 14.8 Å². The lowest BCUT2D eigenvalue weighted by Gasteiger charge is -2.14. The summed E-state index contributed by atoms with van der Waals surface area (Å²) >= 11 is 3.60.